The number of aromatic nitrogens is 3. The van der Waals surface area contributed by atoms with Gasteiger partial charge in [-0.1, -0.05) is 17.7 Å². The van der Waals surface area contributed by atoms with E-state index >= 15 is 0 Å². The molecule has 4 aromatic rings. The molecule has 2 heterocycles. The standard InChI is InChI=1S/C25H24BrClN4O4/c1-5-34-25(33)24-16(4)30(18-8-6-7-17(27)10-18)21-12-20(26)22(11-19(21)24)35-13-23(32)29-31-15(3)9-14(2)28-31/h6-12H,5,13H2,1-4H3,(H,29,32). The predicted molar refractivity (Wildman–Crippen MR) is 138 cm³/mol. The molecule has 2 aromatic heterocycles. The smallest absolute Gasteiger partial charge is 0.340 e. The number of fused-ring (bicyclic) bond motifs is 1. The van der Waals surface area contributed by atoms with Crippen LogP contribution in [0.3, 0.4) is 0 Å². The summed E-state index contributed by atoms with van der Waals surface area (Å²) in [5.74, 6) is -0.400. The molecule has 0 unspecified atom stereocenters. The van der Waals surface area contributed by atoms with Crippen LogP contribution in [-0.4, -0.2) is 39.5 Å². The molecule has 0 saturated heterocycles. The van der Waals surface area contributed by atoms with E-state index in [4.69, 9.17) is 21.1 Å². The molecule has 1 N–H and O–H groups in total. The number of ether oxygens (including phenoxy) is 2. The van der Waals surface area contributed by atoms with Crippen LogP contribution in [0.2, 0.25) is 5.02 Å². The largest absolute Gasteiger partial charge is 0.482 e. The van der Waals surface area contributed by atoms with Gasteiger partial charge in [0.1, 0.15) is 5.75 Å². The Morgan fingerprint density at radius 3 is 2.57 bits per heavy atom. The summed E-state index contributed by atoms with van der Waals surface area (Å²) in [4.78, 5) is 26.8. The summed E-state index contributed by atoms with van der Waals surface area (Å²) in [6.07, 6.45) is 0. The van der Waals surface area contributed by atoms with Gasteiger partial charge in [-0.3, -0.25) is 4.79 Å². The van der Waals surface area contributed by atoms with E-state index in [1.807, 2.05) is 55.7 Å². The summed E-state index contributed by atoms with van der Waals surface area (Å²) in [7, 11) is 0. The summed E-state index contributed by atoms with van der Waals surface area (Å²) in [6, 6.07) is 12.8. The molecule has 1 amide bonds. The number of nitrogens with one attached hydrogen (secondary N) is 1. The normalized spacial score (nSPS) is 11.0. The average molecular weight is 560 g/mol. The molecule has 0 bridgehead atoms. The van der Waals surface area contributed by atoms with Gasteiger partial charge in [0.2, 0.25) is 0 Å². The minimum Gasteiger partial charge on any atom is -0.482 e. The first-order valence-corrected chi connectivity index (χ1v) is 12.1. The van der Waals surface area contributed by atoms with Crippen molar-refractivity contribution in [1.29, 1.82) is 0 Å². The molecule has 8 nitrogen and oxygen atoms in total. The van der Waals surface area contributed by atoms with E-state index in [0.29, 0.717) is 31.9 Å². The van der Waals surface area contributed by atoms with Crippen LogP contribution in [-0.2, 0) is 9.53 Å². The zero-order chi connectivity index (χ0) is 25.3. The number of carbonyl (C=O) groups excluding carboxylic acids is 2. The Balaban J connectivity index is 1.71. The van der Waals surface area contributed by atoms with Crippen molar-refractivity contribution < 1.29 is 19.1 Å². The van der Waals surface area contributed by atoms with Gasteiger partial charge in [-0.15, -0.1) is 0 Å². The number of benzene rings is 2. The number of hydrogen-bond donors (Lipinski definition) is 1. The molecule has 0 saturated carbocycles. The second-order valence-corrected chi connectivity index (χ2v) is 9.25. The van der Waals surface area contributed by atoms with Gasteiger partial charge in [-0.2, -0.15) is 9.89 Å². The second-order valence-electron chi connectivity index (χ2n) is 7.96. The Bertz CT molecular complexity index is 1440. The monoisotopic (exact) mass is 558 g/mol. The molecule has 182 valence electrons. The zero-order valence-corrected chi connectivity index (χ0v) is 22.0. The number of esters is 1. The highest BCUT2D eigenvalue weighted by molar-refractivity contribution is 9.10. The number of rotatable bonds is 7. The van der Waals surface area contributed by atoms with Crippen LogP contribution < -0.4 is 10.2 Å². The van der Waals surface area contributed by atoms with E-state index in [1.54, 1.807) is 19.1 Å². The first-order chi connectivity index (χ1) is 16.7. The van der Waals surface area contributed by atoms with Crippen LogP contribution in [0.25, 0.3) is 16.6 Å². The van der Waals surface area contributed by atoms with Crippen LogP contribution in [0.15, 0.2) is 46.9 Å². The van der Waals surface area contributed by atoms with Crippen molar-refractivity contribution >= 4 is 50.3 Å². The van der Waals surface area contributed by atoms with Crippen LogP contribution in [0.5, 0.6) is 5.75 Å². The van der Waals surface area contributed by atoms with E-state index in [1.165, 1.54) is 4.79 Å². The van der Waals surface area contributed by atoms with Gasteiger partial charge in [0.05, 0.1) is 33.5 Å². The molecule has 0 spiro atoms. The molecule has 0 radical (unpaired) electrons. The maximum absolute atomic E-state index is 12.9. The summed E-state index contributed by atoms with van der Waals surface area (Å²) in [5.41, 5.74) is 6.97. The molecule has 0 aliphatic carbocycles. The van der Waals surface area contributed by atoms with Gasteiger partial charge in [-0.25, -0.2) is 10.2 Å². The Kier molecular flexibility index (Phi) is 7.18. The fourth-order valence-electron chi connectivity index (χ4n) is 3.97. The molecule has 0 atom stereocenters. The van der Waals surface area contributed by atoms with Crippen molar-refractivity contribution in [2.45, 2.75) is 27.7 Å². The maximum Gasteiger partial charge on any atom is 0.340 e. The van der Waals surface area contributed by atoms with Gasteiger partial charge in [0, 0.05) is 21.8 Å². The van der Waals surface area contributed by atoms with Crippen molar-refractivity contribution in [3.63, 3.8) is 0 Å². The predicted octanol–water partition coefficient (Wildman–Crippen LogP) is 5.49. The molecule has 0 aliphatic rings. The van der Waals surface area contributed by atoms with Crippen molar-refractivity contribution in [3.05, 3.63) is 74.6 Å². The van der Waals surface area contributed by atoms with E-state index in [-0.39, 0.29) is 19.1 Å². The Morgan fingerprint density at radius 1 is 1.14 bits per heavy atom. The fourth-order valence-corrected chi connectivity index (χ4v) is 4.60. The number of halogens is 2. The average Bonchev–Trinajstić information content (AvgIpc) is 3.25. The summed E-state index contributed by atoms with van der Waals surface area (Å²) >= 11 is 9.78. The second kappa shape index (κ2) is 10.1. The van der Waals surface area contributed by atoms with E-state index in [0.717, 1.165) is 22.6 Å². The lowest BCUT2D eigenvalue weighted by Crippen LogP contribution is -2.29. The Hall–Kier alpha value is -3.30. The van der Waals surface area contributed by atoms with Gasteiger partial charge >= 0.3 is 5.97 Å². The van der Waals surface area contributed by atoms with Crippen LogP contribution >= 0.6 is 27.5 Å². The van der Waals surface area contributed by atoms with Crippen molar-refractivity contribution in [3.8, 4) is 11.4 Å². The third-order valence-electron chi connectivity index (χ3n) is 5.40. The lowest BCUT2D eigenvalue weighted by molar-refractivity contribution is -0.119. The third kappa shape index (κ3) is 5.06. The number of carbonyl (C=O) groups is 2. The summed E-state index contributed by atoms with van der Waals surface area (Å²) < 4.78 is 13.7. The maximum atomic E-state index is 12.9. The Morgan fingerprint density at radius 2 is 1.91 bits per heavy atom. The minimum atomic E-state index is -0.439. The van der Waals surface area contributed by atoms with Crippen LogP contribution in [0, 0.1) is 20.8 Å². The summed E-state index contributed by atoms with van der Waals surface area (Å²) in [5, 5.41) is 5.43. The molecule has 0 fully saturated rings. The van der Waals surface area contributed by atoms with Gasteiger partial charge in [0.25, 0.3) is 5.91 Å². The van der Waals surface area contributed by atoms with Gasteiger partial charge < -0.3 is 14.0 Å². The lowest BCUT2D eigenvalue weighted by atomic mass is 10.1. The highest BCUT2D eigenvalue weighted by atomic mass is 79.9. The number of hydrogen-bond acceptors (Lipinski definition) is 5. The first-order valence-electron chi connectivity index (χ1n) is 10.9. The van der Waals surface area contributed by atoms with E-state index in [2.05, 4.69) is 26.5 Å². The van der Waals surface area contributed by atoms with Gasteiger partial charge in [-0.05, 0) is 80.0 Å². The quantitative estimate of drug-likeness (QED) is 0.302. The highest BCUT2D eigenvalue weighted by Gasteiger charge is 2.24. The minimum absolute atomic E-state index is 0.245. The molecular formula is C25H24BrClN4O4. The third-order valence-corrected chi connectivity index (χ3v) is 6.26. The number of aryl methyl sites for hydroxylation is 2. The summed E-state index contributed by atoms with van der Waals surface area (Å²) in [6.45, 7) is 7.30. The molecule has 10 heteroatoms. The SMILES string of the molecule is CCOC(=O)c1c(C)n(-c2cccc(Cl)c2)c2cc(Br)c(OCC(=O)Nn3nc(C)cc3C)cc12. The zero-order valence-electron chi connectivity index (χ0n) is 19.7. The number of amides is 1. The topological polar surface area (TPSA) is 87.4 Å². The van der Waals surface area contributed by atoms with Crippen LogP contribution in [0.4, 0.5) is 0 Å². The van der Waals surface area contributed by atoms with Gasteiger partial charge in [0.15, 0.2) is 6.61 Å². The number of nitrogens with zero attached hydrogens (tertiary/aromatic N) is 3. The lowest BCUT2D eigenvalue weighted by Gasteiger charge is -2.12. The van der Waals surface area contributed by atoms with E-state index in [9.17, 15) is 9.59 Å². The van der Waals surface area contributed by atoms with Crippen LogP contribution in [0.1, 0.15) is 34.4 Å². The van der Waals surface area contributed by atoms with Crippen molar-refractivity contribution in [2.75, 3.05) is 18.6 Å². The molecule has 0 aliphatic heterocycles. The Labute approximate surface area is 215 Å². The molecule has 4 rings (SSSR count). The molecule has 2 aromatic carbocycles. The highest BCUT2D eigenvalue weighted by Crippen LogP contribution is 2.37. The van der Waals surface area contributed by atoms with E-state index < -0.39 is 5.97 Å². The fraction of sp³-hybridized carbons (Fsp3) is 0.240. The van der Waals surface area contributed by atoms with Crippen molar-refractivity contribution in [2.24, 2.45) is 0 Å². The van der Waals surface area contributed by atoms with Crippen molar-refractivity contribution in [1.82, 2.24) is 14.5 Å². The first kappa shape index (κ1) is 24.8. The molecule has 35 heavy (non-hydrogen) atoms. The molecular weight excluding hydrogens is 536 g/mol.